The number of rotatable bonds is 7. The van der Waals surface area contributed by atoms with E-state index in [0.29, 0.717) is 0 Å². The number of hydrogen-bond acceptors (Lipinski definition) is 2. The Morgan fingerprint density at radius 3 is 2.69 bits per heavy atom. The molecular weight excluding hydrogens is 200 g/mol. The van der Waals surface area contributed by atoms with Gasteiger partial charge >= 0.3 is 0 Å². The Kier molecular flexibility index (Phi) is 7.76. The maximum atomic E-state index is 8.80. The van der Waals surface area contributed by atoms with Gasteiger partial charge in [-0.3, -0.25) is 0 Å². The van der Waals surface area contributed by atoms with E-state index in [1.54, 1.807) is 23.1 Å². The van der Waals surface area contributed by atoms with Crippen LogP contribution in [0, 0.1) is 0 Å². The molecule has 16 heavy (non-hydrogen) atoms. The number of nitrogens with zero attached hydrogens (tertiary/aromatic N) is 2. The van der Waals surface area contributed by atoms with Gasteiger partial charge in [0.15, 0.2) is 0 Å². The summed E-state index contributed by atoms with van der Waals surface area (Å²) in [6.45, 7) is 9.14. The number of hydrogen-bond donors (Lipinski definition) is 1. The molecule has 0 saturated carbocycles. The van der Waals surface area contributed by atoms with E-state index in [4.69, 9.17) is 5.11 Å². The topological polar surface area (TPSA) is 35.6 Å². The van der Waals surface area contributed by atoms with Gasteiger partial charge in [-0.15, -0.1) is 0 Å². The molecule has 1 unspecified atom stereocenters. The fourth-order valence-electron chi connectivity index (χ4n) is 1.02. The highest BCUT2D eigenvalue weighted by molar-refractivity contribution is 5.47. The van der Waals surface area contributed by atoms with Gasteiger partial charge in [-0.05, 0) is 12.5 Å². The zero-order valence-electron chi connectivity index (χ0n) is 10.1. The van der Waals surface area contributed by atoms with Gasteiger partial charge in [0.25, 0.3) is 6.34 Å². The lowest BCUT2D eigenvalue weighted by molar-refractivity contribution is -0.349. The highest BCUT2D eigenvalue weighted by Crippen LogP contribution is 2.03. The molecule has 0 radical (unpaired) electrons. The maximum absolute atomic E-state index is 8.80. The van der Waals surface area contributed by atoms with Crippen molar-refractivity contribution in [2.75, 3.05) is 7.05 Å². The van der Waals surface area contributed by atoms with Crippen LogP contribution in [0.15, 0.2) is 41.6 Å². The standard InChI is InChI=1S/C13H20N2O/c1-5-13(14-11-15(3)4)10-8-6-7-9-12(2)16/h6-9,11,13H,2-3,5,10H2,1,4H3/p+1/b8-6-,9-7-,14-11?. The summed E-state index contributed by atoms with van der Waals surface area (Å²) in [4.78, 5) is 4.37. The molecule has 1 N–H and O–H groups in total. The minimum Gasteiger partial charge on any atom is -0.509 e. The third kappa shape index (κ3) is 8.94. The van der Waals surface area contributed by atoms with Crippen molar-refractivity contribution in [1.29, 1.82) is 0 Å². The summed E-state index contributed by atoms with van der Waals surface area (Å²) in [5, 5.41) is 8.80. The minimum atomic E-state index is 0.0633. The van der Waals surface area contributed by atoms with Gasteiger partial charge in [-0.1, -0.05) is 36.7 Å². The van der Waals surface area contributed by atoms with Crippen LogP contribution in [-0.4, -0.2) is 35.8 Å². The fourth-order valence-corrected chi connectivity index (χ4v) is 1.02. The summed E-state index contributed by atoms with van der Waals surface area (Å²) in [7, 11) is 1.85. The largest absolute Gasteiger partial charge is 0.509 e. The first-order chi connectivity index (χ1) is 7.56. The number of aliphatic imine (C=N–C) groups is 1. The van der Waals surface area contributed by atoms with E-state index in [1.165, 1.54) is 0 Å². The smallest absolute Gasteiger partial charge is 0.279 e. The van der Waals surface area contributed by atoms with Gasteiger partial charge in [0, 0.05) is 6.42 Å². The summed E-state index contributed by atoms with van der Waals surface area (Å²) in [6, 6.07) is 0.283. The van der Waals surface area contributed by atoms with Gasteiger partial charge in [-0.25, -0.2) is 4.58 Å². The molecule has 0 spiro atoms. The second-order valence-electron chi connectivity index (χ2n) is 3.60. The Balaban J connectivity index is 4.05. The summed E-state index contributed by atoms with van der Waals surface area (Å²) in [5.74, 6) is 0.0633. The van der Waals surface area contributed by atoms with Gasteiger partial charge in [0.2, 0.25) is 0 Å². The molecule has 0 aromatic carbocycles. The van der Waals surface area contributed by atoms with E-state index in [2.05, 4.69) is 25.2 Å². The van der Waals surface area contributed by atoms with Crippen LogP contribution < -0.4 is 0 Å². The van der Waals surface area contributed by atoms with Crippen LogP contribution in [0.4, 0.5) is 0 Å². The van der Waals surface area contributed by atoms with E-state index >= 15 is 0 Å². The monoisotopic (exact) mass is 221 g/mol. The third-order valence-electron chi connectivity index (χ3n) is 1.89. The molecule has 88 valence electrons. The molecular formula is C13H21N2O+. The average molecular weight is 221 g/mol. The molecule has 0 rings (SSSR count). The third-order valence-corrected chi connectivity index (χ3v) is 1.89. The van der Waals surface area contributed by atoms with Crippen LogP contribution in [0.3, 0.4) is 0 Å². The van der Waals surface area contributed by atoms with Crippen molar-refractivity contribution in [3.63, 3.8) is 0 Å². The Hall–Kier alpha value is -1.64. The predicted molar refractivity (Wildman–Crippen MR) is 70.5 cm³/mol. The van der Waals surface area contributed by atoms with E-state index in [0.717, 1.165) is 12.8 Å². The molecule has 0 amide bonds. The molecule has 0 aliphatic heterocycles. The lowest BCUT2D eigenvalue weighted by Crippen LogP contribution is -2.05. The second-order valence-corrected chi connectivity index (χ2v) is 3.60. The first-order valence-electron chi connectivity index (χ1n) is 5.34. The molecule has 0 aromatic heterocycles. The average Bonchev–Trinajstić information content (AvgIpc) is 2.21. The summed E-state index contributed by atoms with van der Waals surface area (Å²) < 4.78 is 1.68. The maximum Gasteiger partial charge on any atom is 0.279 e. The lowest BCUT2D eigenvalue weighted by Gasteiger charge is -1.98. The lowest BCUT2D eigenvalue weighted by atomic mass is 10.1. The van der Waals surface area contributed by atoms with E-state index in [-0.39, 0.29) is 11.8 Å². The molecule has 0 fully saturated rings. The van der Waals surface area contributed by atoms with E-state index < -0.39 is 0 Å². The molecule has 0 bridgehead atoms. The molecule has 3 nitrogen and oxygen atoms in total. The molecule has 0 saturated heterocycles. The second kappa shape index (κ2) is 8.65. The van der Waals surface area contributed by atoms with Crippen molar-refractivity contribution < 1.29 is 9.68 Å². The van der Waals surface area contributed by atoms with Crippen molar-refractivity contribution >= 4 is 13.1 Å². The Morgan fingerprint density at radius 2 is 2.19 bits per heavy atom. The van der Waals surface area contributed by atoms with Crippen LogP contribution in [-0.2, 0) is 0 Å². The predicted octanol–water partition coefficient (Wildman–Crippen LogP) is 2.71. The highest BCUT2D eigenvalue weighted by atomic mass is 16.3. The quantitative estimate of drug-likeness (QED) is 0.232. The van der Waals surface area contributed by atoms with Gasteiger partial charge in [0.1, 0.15) is 11.8 Å². The molecule has 0 aromatic rings. The molecule has 0 heterocycles. The van der Waals surface area contributed by atoms with E-state index in [1.807, 2.05) is 19.2 Å². The van der Waals surface area contributed by atoms with Crippen LogP contribution in [0.5, 0.6) is 0 Å². The van der Waals surface area contributed by atoms with Gasteiger partial charge < -0.3 is 5.11 Å². The van der Waals surface area contributed by atoms with Gasteiger partial charge in [0.05, 0.1) is 13.8 Å². The van der Waals surface area contributed by atoms with Crippen molar-refractivity contribution in [1.82, 2.24) is 0 Å². The highest BCUT2D eigenvalue weighted by Gasteiger charge is 2.05. The summed E-state index contributed by atoms with van der Waals surface area (Å²) in [6.07, 6.45) is 10.8. The molecule has 0 aliphatic rings. The Labute approximate surface area is 97.8 Å². The Bertz CT molecular complexity index is 314. The molecule has 3 heteroatoms. The van der Waals surface area contributed by atoms with Crippen LogP contribution in [0.2, 0.25) is 0 Å². The van der Waals surface area contributed by atoms with Crippen molar-refractivity contribution in [2.24, 2.45) is 4.99 Å². The summed E-state index contributed by atoms with van der Waals surface area (Å²) >= 11 is 0. The zero-order chi connectivity index (χ0) is 12.4. The molecule has 0 aliphatic carbocycles. The van der Waals surface area contributed by atoms with Crippen molar-refractivity contribution in [3.8, 4) is 0 Å². The van der Waals surface area contributed by atoms with Crippen molar-refractivity contribution in [3.05, 3.63) is 36.6 Å². The van der Waals surface area contributed by atoms with Crippen molar-refractivity contribution in [2.45, 2.75) is 25.8 Å². The fraction of sp³-hybridized carbons (Fsp3) is 0.385. The Morgan fingerprint density at radius 1 is 1.50 bits per heavy atom. The number of aliphatic hydroxyl groups is 1. The van der Waals surface area contributed by atoms with Crippen LogP contribution in [0.25, 0.3) is 0 Å². The summed E-state index contributed by atoms with van der Waals surface area (Å²) in [5.41, 5.74) is 0. The van der Waals surface area contributed by atoms with Crippen LogP contribution >= 0.6 is 0 Å². The SMILES string of the molecule is C=C(O)/C=C\C=C/CC(CC)N=C[N+](=C)C. The van der Waals surface area contributed by atoms with Crippen LogP contribution in [0.1, 0.15) is 19.8 Å². The van der Waals surface area contributed by atoms with Gasteiger partial charge in [-0.2, -0.15) is 0 Å². The first kappa shape index (κ1) is 14.4. The minimum absolute atomic E-state index is 0.0633. The number of aliphatic hydroxyl groups excluding tert-OH is 1. The van der Waals surface area contributed by atoms with E-state index in [9.17, 15) is 0 Å². The first-order valence-corrected chi connectivity index (χ1v) is 5.34. The normalized spacial score (nSPS) is 13.9. The molecule has 1 atom stereocenters. The zero-order valence-corrected chi connectivity index (χ0v) is 10.1. The number of allylic oxidation sites excluding steroid dienone is 3.